The molecule has 0 aliphatic carbocycles. The van der Waals surface area contributed by atoms with Gasteiger partial charge >= 0.3 is 5.69 Å². The first kappa shape index (κ1) is 21.0. The van der Waals surface area contributed by atoms with Gasteiger partial charge in [0.2, 0.25) is 5.91 Å². The minimum absolute atomic E-state index is 0.0336. The zero-order chi connectivity index (χ0) is 21.8. The first-order valence-corrected chi connectivity index (χ1v) is 9.58. The molecule has 30 heavy (non-hydrogen) atoms. The van der Waals surface area contributed by atoms with E-state index in [1.165, 1.54) is 0 Å². The maximum Gasteiger partial charge on any atom is 0.329 e. The molecule has 156 valence electrons. The van der Waals surface area contributed by atoms with Crippen LogP contribution in [0.2, 0.25) is 0 Å². The van der Waals surface area contributed by atoms with Gasteiger partial charge in [-0.05, 0) is 23.6 Å². The van der Waals surface area contributed by atoms with Crippen LogP contribution in [0.25, 0.3) is 10.9 Å². The summed E-state index contributed by atoms with van der Waals surface area (Å²) in [7, 11) is 0. The van der Waals surface area contributed by atoms with E-state index in [1.807, 2.05) is 0 Å². The topological polar surface area (TPSA) is 124 Å². The maximum atomic E-state index is 13.1. The van der Waals surface area contributed by atoms with Gasteiger partial charge in [-0.1, -0.05) is 56.3 Å². The van der Waals surface area contributed by atoms with E-state index in [0.29, 0.717) is 11.1 Å². The molecule has 0 unspecified atom stereocenters. The molecule has 0 aliphatic rings. The van der Waals surface area contributed by atoms with Gasteiger partial charge in [-0.15, -0.1) is 0 Å². The fourth-order valence-corrected chi connectivity index (χ4v) is 3.34. The Morgan fingerprint density at radius 2 is 1.67 bits per heavy atom. The van der Waals surface area contributed by atoms with Crippen LogP contribution in [0.1, 0.15) is 25.5 Å². The summed E-state index contributed by atoms with van der Waals surface area (Å²) in [6.45, 7) is 3.25. The Bertz CT molecular complexity index is 1180. The second kappa shape index (κ2) is 8.77. The molecule has 2 N–H and O–H groups in total. The number of fused-ring (bicyclic) bond motifs is 1. The maximum absolute atomic E-state index is 13.1. The number of aromatic nitrogens is 2. The van der Waals surface area contributed by atoms with Crippen molar-refractivity contribution < 1.29 is 14.7 Å². The van der Waals surface area contributed by atoms with Crippen molar-refractivity contribution in [2.75, 3.05) is 0 Å². The van der Waals surface area contributed by atoms with Crippen molar-refractivity contribution in [2.24, 2.45) is 5.92 Å². The molecular weight excluding hydrogens is 386 g/mol. The fraction of sp³-hybridized carbons (Fsp3) is 0.273. The second-order valence-electron chi connectivity index (χ2n) is 7.41. The van der Waals surface area contributed by atoms with Crippen LogP contribution in [-0.2, 0) is 16.0 Å². The minimum Gasteiger partial charge on any atom is -0.548 e. The molecule has 1 amide bonds. The quantitative estimate of drug-likeness (QED) is 0.584. The number of H-pyrrole nitrogens is 1. The predicted molar refractivity (Wildman–Crippen MR) is 110 cm³/mol. The summed E-state index contributed by atoms with van der Waals surface area (Å²) in [5.74, 6) is -2.62. The molecule has 0 saturated carbocycles. The minimum atomic E-state index is -1.43. The van der Waals surface area contributed by atoms with E-state index in [-0.39, 0.29) is 11.8 Å². The lowest BCUT2D eigenvalue weighted by Crippen LogP contribution is -2.54. The van der Waals surface area contributed by atoms with Crippen molar-refractivity contribution in [1.29, 1.82) is 0 Å². The number of benzene rings is 2. The molecule has 0 bridgehead atoms. The normalized spacial score (nSPS) is 13.2. The smallest absolute Gasteiger partial charge is 0.329 e. The molecule has 0 saturated heterocycles. The Morgan fingerprint density at radius 3 is 2.30 bits per heavy atom. The van der Waals surface area contributed by atoms with Crippen LogP contribution in [0.15, 0.2) is 64.2 Å². The Hall–Kier alpha value is -3.68. The van der Waals surface area contributed by atoms with E-state index in [9.17, 15) is 24.3 Å². The number of nitrogens with one attached hydrogen (secondary N) is 2. The number of aliphatic carboxylic acids is 1. The first-order valence-electron chi connectivity index (χ1n) is 9.58. The number of para-hydroxylation sites is 1. The van der Waals surface area contributed by atoms with Gasteiger partial charge in [0.1, 0.15) is 6.04 Å². The summed E-state index contributed by atoms with van der Waals surface area (Å²) in [6.07, 6.45) is 0.0336. The molecule has 1 aromatic heterocycles. The van der Waals surface area contributed by atoms with Crippen molar-refractivity contribution in [1.82, 2.24) is 14.9 Å². The number of hydrogen-bond acceptors (Lipinski definition) is 5. The summed E-state index contributed by atoms with van der Waals surface area (Å²) >= 11 is 0. The number of carboxylic acids is 1. The molecule has 8 nitrogen and oxygen atoms in total. The largest absolute Gasteiger partial charge is 0.548 e. The lowest BCUT2D eigenvalue weighted by atomic mass is 10.0. The van der Waals surface area contributed by atoms with Crippen molar-refractivity contribution in [2.45, 2.75) is 32.4 Å². The summed E-state index contributed by atoms with van der Waals surface area (Å²) < 4.78 is 0.845. The number of rotatable bonds is 7. The lowest BCUT2D eigenvalue weighted by Gasteiger charge is -2.26. The summed E-state index contributed by atoms with van der Waals surface area (Å²) in [5.41, 5.74) is -0.298. The van der Waals surface area contributed by atoms with Gasteiger partial charge in [0.15, 0.2) is 0 Å². The summed E-state index contributed by atoms with van der Waals surface area (Å²) in [4.78, 5) is 53.0. The van der Waals surface area contributed by atoms with Crippen molar-refractivity contribution in [3.63, 3.8) is 0 Å². The van der Waals surface area contributed by atoms with E-state index >= 15 is 0 Å². The third-order valence-electron chi connectivity index (χ3n) is 4.94. The molecule has 1 heterocycles. The molecule has 3 aromatic rings. The highest BCUT2D eigenvalue weighted by atomic mass is 16.4. The van der Waals surface area contributed by atoms with Gasteiger partial charge in [-0.3, -0.25) is 9.59 Å². The standard InChI is InChI=1S/C22H23N3O5/c1-13(2)18(21(28)29)24-19(26)17(12-14-8-4-3-5-9-14)25-20(27)15-10-6-7-11-16(15)23-22(25)30/h3-11,13,17-18H,12H2,1-2H3,(H,23,30)(H,24,26)(H,28,29)/p-1/t17-,18+/m1/s1. The van der Waals surface area contributed by atoms with E-state index in [1.54, 1.807) is 68.4 Å². The third-order valence-corrected chi connectivity index (χ3v) is 4.94. The highest BCUT2D eigenvalue weighted by Crippen LogP contribution is 2.15. The van der Waals surface area contributed by atoms with Gasteiger partial charge in [0.25, 0.3) is 5.56 Å². The summed E-state index contributed by atoms with van der Waals surface area (Å²) in [5, 5.41) is 14.1. The Labute approximate surface area is 172 Å². The van der Waals surface area contributed by atoms with Gasteiger partial charge in [0, 0.05) is 6.42 Å². The monoisotopic (exact) mass is 408 g/mol. The molecular formula is C22H22N3O5-. The van der Waals surface area contributed by atoms with Gasteiger partial charge in [-0.2, -0.15) is 0 Å². The van der Waals surface area contributed by atoms with Crippen LogP contribution in [-0.4, -0.2) is 27.5 Å². The van der Waals surface area contributed by atoms with Crippen LogP contribution < -0.4 is 21.7 Å². The van der Waals surface area contributed by atoms with Crippen LogP contribution >= 0.6 is 0 Å². The van der Waals surface area contributed by atoms with Crippen molar-refractivity contribution >= 4 is 22.8 Å². The first-order chi connectivity index (χ1) is 14.3. The highest BCUT2D eigenvalue weighted by molar-refractivity contribution is 5.86. The van der Waals surface area contributed by atoms with Crippen molar-refractivity contribution in [3.05, 3.63) is 81.0 Å². The molecule has 0 aliphatic heterocycles. The average Bonchev–Trinajstić information content (AvgIpc) is 2.71. The third kappa shape index (κ3) is 4.32. The van der Waals surface area contributed by atoms with Crippen molar-refractivity contribution in [3.8, 4) is 0 Å². The number of carbonyl (C=O) groups is 2. The van der Waals surface area contributed by atoms with E-state index < -0.39 is 41.1 Å². The van der Waals surface area contributed by atoms with E-state index in [2.05, 4.69) is 10.3 Å². The number of aromatic amines is 1. The molecule has 0 spiro atoms. The van der Waals surface area contributed by atoms with E-state index in [4.69, 9.17) is 0 Å². The molecule has 3 rings (SSSR count). The van der Waals surface area contributed by atoms with Crippen LogP contribution in [0.3, 0.4) is 0 Å². The fourth-order valence-electron chi connectivity index (χ4n) is 3.34. The Balaban J connectivity index is 2.12. The molecule has 0 radical (unpaired) electrons. The zero-order valence-electron chi connectivity index (χ0n) is 16.6. The Morgan fingerprint density at radius 1 is 1.03 bits per heavy atom. The predicted octanol–water partition coefficient (Wildman–Crippen LogP) is 0.364. The number of amides is 1. The van der Waals surface area contributed by atoms with Crippen LogP contribution in [0.5, 0.6) is 0 Å². The number of hydrogen-bond donors (Lipinski definition) is 2. The molecule has 8 heteroatoms. The number of nitrogens with zero attached hydrogens (tertiary/aromatic N) is 1. The van der Waals surface area contributed by atoms with Crippen LogP contribution in [0.4, 0.5) is 0 Å². The van der Waals surface area contributed by atoms with Crippen LogP contribution in [0, 0.1) is 5.92 Å². The van der Waals surface area contributed by atoms with Gasteiger partial charge in [0.05, 0.1) is 22.9 Å². The molecule has 2 atom stereocenters. The number of carboxylic acid groups (broad SMARTS) is 1. The van der Waals surface area contributed by atoms with Gasteiger partial charge in [-0.25, -0.2) is 9.36 Å². The summed E-state index contributed by atoms with van der Waals surface area (Å²) in [6, 6.07) is 12.9. The molecule has 2 aromatic carbocycles. The van der Waals surface area contributed by atoms with E-state index in [0.717, 1.165) is 4.57 Å². The molecule has 0 fully saturated rings. The second-order valence-corrected chi connectivity index (χ2v) is 7.41. The van der Waals surface area contributed by atoms with Gasteiger partial charge < -0.3 is 20.2 Å². The average molecular weight is 408 g/mol. The highest BCUT2D eigenvalue weighted by Gasteiger charge is 2.28. The lowest BCUT2D eigenvalue weighted by molar-refractivity contribution is -0.309. The SMILES string of the molecule is CC(C)[C@H](NC(=O)[C@@H](Cc1ccccc1)n1c(=O)[nH]c2ccccc2c1=O)C(=O)[O-]. The number of carbonyl (C=O) groups excluding carboxylic acids is 2. The Kier molecular flexibility index (Phi) is 6.15. The zero-order valence-corrected chi connectivity index (χ0v) is 16.6.